The van der Waals surface area contributed by atoms with Crippen LogP contribution in [0, 0.1) is 6.92 Å². The quantitative estimate of drug-likeness (QED) is 0.814. The molecule has 1 aromatic heterocycles. The van der Waals surface area contributed by atoms with Crippen molar-refractivity contribution in [3.63, 3.8) is 0 Å². The molecular formula is C15H20N2S2. The summed E-state index contributed by atoms with van der Waals surface area (Å²) >= 11 is 3.70. The number of hydrogen-bond donors (Lipinski definition) is 1. The number of hydrogen-bond acceptors (Lipinski definition) is 4. The van der Waals surface area contributed by atoms with E-state index in [2.05, 4.69) is 43.4 Å². The van der Waals surface area contributed by atoms with Gasteiger partial charge in [-0.25, -0.2) is 4.98 Å². The molecule has 0 atom stereocenters. The minimum absolute atomic E-state index is 0.927. The van der Waals surface area contributed by atoms with Crippen LogP contribution in [0.2, 0.25) is 0 Å². The van der Waals surface area contributed by atoms with Crippen LogP contribution in [-0.4, -0.2) is 12.0 Å². The number of thiazole rings is 1. The van der Waals surface area contributed by atoms with Crippen LogP contribution >= 0.6 is 23.1 Å². The first kappa shape index (κ1) is 14.6. The van der Waals surface area contributed by atoms with Crippen molar-refractivity contribution in [3.8, 4) is 0 Å². The van der Waals surface area contributed by atoms with E-state index < -0.39 is 0 Å². The van der Waals surface area contributed by atoms with Gasteiger partial charge in [0.2, 0.25) is 0 Å². The Labute approximate surface area is 123 Å². The monoisotopic (exact) mass is 292 g/mol. The Morgan fingerprint density at radius 2 is 2.21 bits per heavy atom. The minimum Gasteiger partial charge on any atom is -0.315 e. The van der Waals surface area contributed by atoms with Gasteiger partial charge in [-0.15, -0.1) is 23.1 Å². The van der Waals surface area contributed by atoms with E-state index in [0.717, 1.165) is 18.7 Å². The molecular weight excluding hydrogens is 272 g/mol. The molecule has 0 saturated carbocycles. The summed E-state index contributed by atoms with van der Waals surface area (Å²) in [5, 5.41) is 4.45. The summed E-state index contributed by atoms with van der Waals surface area (Å²) in [6.45, 7) is 5.23. The van der Waals surface area contributed by atoms with Crippen LogP contribution in [0.25, 0.3) is 0 Å². The summed E-state index contributed by atoms with van der Waals surface area (Å²) in [5.41, 5.74) is 2.56. The molecule has 2 rings (SSSR count). The molecule has 0 fully saturated rings. The lowest BCUT2D eigenvalue weighted by Gasteiger charge is -2.00. The Morgan fingerprint density at radius 1 is 1.37 bits per heavy atom. The maximum Gasteiger partial charge on any atom is 0.103 e. The molecule has 1 N–H and O–H groups in total. The Morgan fingerprint density at radius 3 is 2.89 bits per heavy atom. The van der Waals surface area contributed by atoms with Crippen molar-refractivity contribution in [3.05, 3.63) is 45.4 Å². The maximum absolute atomic E-state index is 4.74. The van der Waals surface area contributed by atoms with Gasteiger partial charge >= 0.3 is 0 Å². The van der Waals surface area contributed by atoms with Crippen molar-refractivity contribution < 1.29 is 0 Å². The van der Waals surface area contributed by atoms with Crippen molar-refractivity contribution >= 4 is 23.1 Å². The van der Waals surface area contributed by atoms with Crippen molar-refractivity contribution in [2.24, 2.45) is 0 Å². The molecule has 1 heterocycles. The topological polar surface area (TPSA) is 24.9 Å². The van der Waals surface area contributed by atoms with Crippen LogP contribution in [0.1, 0.15) is 28.1 Å². The first-order valence-electron chi connectivity index (χ1n) is 6.54. The molecule has 19 heavy (non-hydrogen) atoms. The molecule has 0 amide bonds. The number of aromatic nitrogens is 1. The molecule has 0 radical (unpaired) electrons. The zero-order valence-corrected chi connectivity index (χ0v) is 13.3. The van der Waals surface area contributed by atoms with Gasteiger partial charge in [0.15, 0.2) is 0 Å². The van der Waals surface area contributed by atoms with Gasteiger partial charge in [0, 0.05) is 16.3 Å². The number of nitrogens with zero attached hydrogens (tertiary/aromatic N) is 1. The normalized spacial score (nSPS) is 10.9. The molecule has 0 aliphatic rings. The fourth-order valence-corrected chi connectivity index (χ4v) is 4.10. The van der Waals surface area contributed by atoms with E-state index in [1.54, 1.807) is 0 Å². The van der Waals surface area contributed by atoms with Gasteiger partial charge in [-0.3, -0.25) is 0 Å². The summed E-state index contributed by atoms with van der Waals surface area (Å²) in [7, 11) is 1.99. The van der Waals surface area contributed by atoms with E-state index in [9.17, 15) is 0 Å². The molecule has 0 aliphatic heterocycles. The third kappa shape index (κ3) is 4.06. The molecule has 1 aromatic carbocycles. The number of aryl methyl sites for hydroxylation is 2. The van der Waals surface area contributed by atoms with Crippen molar-refractivity contribution in [2.45, 2.75) is 37.5 Å². The Balaban J connectivity index is 2.03. The van der Waals surface area contributed by atoms with E-state index in [4.69, 9.17) is 4.98 Å². The predicted octanol–water partition coefficient (Wildman–Crippen LogP) is 4.03. The average Bonchev–Trinajstić information content (AvgIpc) is 2.79. The van der Waals surface area contributed by atoms with Gasteiger partial charge in [-0.2, -0.15) is 0 Å². The lowest BCUT2D eigenvalue weighted by molar-refractivity contribution is 0.814. The van der Waals surface area contributed by atoms with Crippen molar-refractivity contribution in [1.82, 2.24) is 10.3 Å². The second kappa shape index (κ2) is 7.08. The van der Waals surface area contributed by atoms with Gasteiger partial charge in [-0.1, -0.05) is 24.6 Å². The van der Waals surface area contributed by atoms with Crippen LogP contribution in [0.3, 0.4) is 0 Å². The van der Waals surface area contributed by atoms with Gasteiger partial charge in [0.1, 0.15) is 5.01 Å². The highest BCUT2D eigenvalue weighted by atomic mass is 32.2. The largest absolute Gasteiger partial charge is 0.315 e. The highest BCUT2D eigenvalue weighted by molar-refractivity contribution is 7.98. The van der Waals surface area contributed by atoms with E-state index in [0.29, 0.717) is 0 Å². The molecule has 4 heteroatoms. The average molecular weight is 292 g/mol. The van der Waals surface area contributed by atoms with Gasteiger partial charge in [-0.05, 0) is 32.5 Å². The van der Waals surface area contributed by atoms with Gasteiger partial charge in [0.25, 0.3) is 0 Å². The van der Waals surface area contributed by atoms with Crippen LogP contribution in [0.4, 0.5) is 0 Å². The molecule has 0 bridgehead atoms. The third-order valence-corrected chi connectivity index (χ3v) is 5.13. The van der Waals surface area contributed by atoms with Gasteiger partial charge in [0.05, 0.1) is 11.4 Å². The second-order valence-corrected chi connectivity index (χ2v) is 6.68. The fourth-order valence-electron chi connectivity index (χ4n) is 1.92. The standard InChI is InChI=1S/C15H20N2S2/c1-4-13-14(9-16-3)19-15(17-13)10-18-12-7-5-6-11(2)8-12/h5-8,16H,4,9-10H2,1-3H3. The predicted molar refractivity (Wildman–Crippen MR) is 85.0 cm³/mol. The Hall–Kier alpha value is -0.840. The molecule has 0 unspecified atom stereocenters. The number of benzene rings is 1. The minimum atomic E-state index is 0.927. The molecule has 2 nitrogen and oxygen atoms in total. The number of rotatable bonds is 6. The fraction of sp³-hybridized carbons (Fsp3) is 0.400. The SMILES string of the molecule is CCc1nc(CSc2cccc(C)c2)sc1CNC. The van der Waals surface area contributed by atoms with Crippen LogP contribution in [0.5, 0.6) is 0 Å². The smallest absolute Gasteiger partial charge is 0.103 e. The van der Waals surface area contributed by atoms with Crippen molar-refractivity contribution in [2.75, 3.05) is 7.05 Å². The zero-order valence-electron chi connectivity index (χ0n) is 11.7. The maximum atomic E-state index is 4.74. The lowest BCUT2D eigenvalue weighted by atomic mass is 10.2. The first-order valence-corrected chi connectivity index (χ1v) is 8.34. The van der Waals surface area contributed by atoms with E-state index in [1.807, 2.05) is 30.1 Å². The van der Waals surface area contributed by atoms with Crippen LogP contribution < -0.4 is 5.32 Å². The molecule has 102 valence electrons. The van der Waals surface area contributed by atoms with Crippen LogP contribution in [-0.2, 0) is 18.7 Å². The first-order chi connectivity index (χ1) is 9.22. The molecule has 0 spiro atoms. The third-order valence-electron chi connectivity index (χ3n) is 2.85. The zero-order chi connectivity index (χ0) is 13.7. The summed E-state index contributed by atoms with van der Waals surface area (Å²) in [5.74, 6) is 0.963. The Kier molecular flexibility index (Phi) is 5.43. The Bertz CT molecular complexity index is 535. The molecule has 0 saturated heterocycles. The van der Waals surface area contributed by atoms with Crippen LogP contribution in [0.15, 0.2) is 29.2 Å². The summed E-state index contributed by atoms with van der Waals surface area (Å²) in [4.78, 5) is 7.44. The summed E-state index contributed by atoms with van der Waals surface area (Å²) in [6, 6.07) is 8.64. The van der Waals surface area contributed by atoms with E-state index >= 15 is 0 Å². The highest BCUT2D eigenvalue weighted by Gasteiger charge is 2.09. The van der Waals surface area contributed by atoms with E-state index in [1.165, 1.54) is 26.0 Å². The van der Waals surface area contributed by atoms with Crippen molar-refractivity contribution in [1.29, 1.82) is 0 Å². The summed E-state index contributed by atoms with van der Waals surface area (Å²) < 4.78 is 0. The van der Waals surface area contributed by atoms with Gasteiger partial charge < -0.3 is 5.32 Å². The summed E-state index contributed by atoms with van der Waals surface area (Å²) in [6.07, 6.45) is 1.02. The lowest BCUT2D eigenvalue weighted by Crippen LogP contribution is -2.05. The highest BCUT2D eigenvalue weighted by Crippen LogP contribution is 2.27. The molecule has 2 aromatic rings. The molecule has 0 aliphatic carbocycles. The number of nitrogens with one attached hydrogen (secondary N) is 1. The second-order valence-electron chi connectivity index (χ2n) is 4.47. The number of thioether (sulfide) groups is 1. The van der Waals surface area contributed by atoms with E-state index in [-0.39, 0.29) is 0 Å².